The molecule has 0 radical (unpaired) electrons. The van der Waals surface area contributed by atoms with E-state index in [9.17, 15) is 9.18 Å². The molecule has 1 heterocycles. The highest BCUT2D eigenvalue weighted by atomic mass is 19.1. The number of anilines is 1. The molecule has 7 nitrogen and oxygen atoms in total. The molecule has 0 fully saturated rings. The van der Waals surface area contributed by atoms with Crippen LogP contribution in [0.5, 0.6) is 5.75 Å². The van der Waals surface area contributed by atoms with E-state index in [1.165, 1.54) is 25.4 Å². The number of rotatable bonds is 6. The van der Waals surface area contributed by atoms with Crippen LogP contribution in [0.15, 0.2) is 60.0 Å². The van der Waals surface area contributed by atoms with Crippen LogP contribution in [0.2, 0.25) is 0 Å². The van der Waals surface area contributed by atoms with Gasteiger partial charge < -0.3 is 10.1 Å². The minimum atomic E-state index is -0.538. The molecule has 3 aromatic rings. The topological polar surface area (TPSA) is 90.7 Å². The first-order valence-electron chi connectivity index (χ1n) is 9.25. The molecule has 3 rings (SSSR count). The Morgan fingerprint density at radius 2 is 2.00 bits per heavy atom. The fourth-order valence-corrected chi connectivity index (χ4v) is 2.91. The number of para-hydroxylation sites is 1. The summed E-state index contributed by atoms with van der Waals surface area (Å²) in [7, 11) is 1.39. The summed E-state index contributed by atoms with van der Waals surface area (Å²) in [5.41, 5.74) is 11.6. The number of aromatic nitrogens is 1. The third kappa shape index (κ3) is 4.78. The average Bonchev–Trinajstić information content (AvgIpc) is 2.73. The van der Waals surface area contributed by atoms with E-state index < -0.39 is 6.03 Å². The van der Waals surface area contributed by atoms with E-state index >= 15 is 0 Å². The molecule has 0 aliphatic heterocycles. The predicted octanol–water partition coefficient (Wildman–Crippen LogP) is 5.49. The SMILES string of the molecule is Cc1cc(-c2cc(F)ccn2)ccc1COc1c(C)cccc1NC(=O)N(C)N=N. The first-order valence-corrected chi connectivity index (χ1v) is 9.25. The van der Waals surface area contributed by atoms with Gasteiger partial charge in [-0.15, -0.1) is 0 Å². The third-order valence-corrected chi connectivity index (χ3v) is 4.63. The lowest BCUT2D eigenvalue weighted by Crippen LogP contribution is -2.26. The van der Waals surface area contributed by atoms with Gasteiger partial charge in [0, 0.05) is 24.9 Å². The van der Waals surface area contributed by atoms with Crippen molar-refractivity contribution < 1.29 is 13.9 Å². The van der Waals surface area contributed by atoms with E-state index in [-0.39, 0.29) is 12.4 Å². The summed E-state index contributed by atoms with van der Waals surface area (Å²) in [6.07, 6.45) is 1.44. The first kappa shape index (κ1) is 20.9. The number of pyridine rings is 1. The van der Waals surface area contributed by atoms with E-state index in [2.05, 4.69) is 15.5 Å². The van der Waals surface area contributed by atoms with E-state index in [0.29, 0.717) is 17.1 Å². The van der Waals surface area contributed by atoms with Crippen LogP contribution in [0.3, 0.4) is 0 Å². The van der Waals surface area contributed by atoms with Crippen LogP contribution >= 0.6 is 0 Å². The van der Waals surface area contributed by atoms with Crippen molar-refractivity contribution in [1.29, 1.82) is 5.53 Å². The second-order valence-corrected chi connectivity index (χ2v) is 6.79. The van der Waals surface area contributed by atoms with Crippen molar-refractivity contribution >= 4 is 11.7 Å². The number of carbonyl (C=O) groups excluding carboxylic acids is 1. The molecule has 0 unspecified atom stereocenters. The Morgan fingerprint density at radius 1 is 1.20 bits per heavy atom. The number of aryl methyl sites for hydroxylation is 2. The average molecular weight is 407 g/mol. The molecule has 2 aromatic carbocycles. The van der Waals surface area contributed by atoms with Crippen LogP contribution < -0.4 is 10.1 Å². The van der Waals surface area contributed by atoms with Gasteiger partial charge in [0.15, 0.2) is 0 Å². The zero-order valence-electron chi connectivity index (χ0n) is 16.9. The lowest BCUT2D eigenvalue weighted by Gasteiger charge is -2.17. The molecular weight excluding hydrogens is 385 g/mol. The van der Waals surface area contributed by atoms with Crippen LogP contribution in [-0.2, 0) is 6.61 Å². The summed E-state index contributed by atoms with van der Waals surface area (Å²) < 4.78 is 19.5. The van der Waals surface area contributed by atoms with Gasteiger partial charge in [-0.2, -0.15) is 10.5 Å². The molecule has 8 heteroatoms. The number of carbonyl (C=O) groups is 1. The van der Waals surface area contributed by atoms with E-state index in [1.807, 2.05) is 44.2 Å². The molecular formula is C22H22FN5O2. The smallest absolute Gasteiger partial charge is 0.343 e. The van der Waals surface area contributed by atoms with Crippen LogP contribution in [0, 0.1) is 25.2 Å². The van der Waals surface area contributed by atoms with Crippen molar-refractivity contribution in [2.45, 2.75) is 20.5 Å². The number of nitrogens with one attached hydrogen (secondary N) is 2. The maximum absolute atomic E-state index is 13.5. The van der Waals surface area contributed by atoms with E-state index in [0.717, 1.165) is 27.3 Å². The second-order valence-electron chi connectivity index (χ2n) is 6.79. The van der Waals surface area contributed by atoms with Crippen molar-refractivity contribution in [3.05, 3.63) is 77.2 Å². The highest BCUT2D eigenvalue weighted by Gasteiger charge is 2.14. The number of nitrogens with zero attached hydrogens (tertiary/aromatic N) is 3. The molecule has 2 N–H and O–H groups in total. The molecule has 1 aromatic heterocycles. The molecule has 154 valence electrons. The molecule has 0 spiro atoms. The number of hydrogen-bond donors (Lipinski definition) is 2. The lowest BCUT2D eigenvalue weighted by atomic mass is 10.0. The molecule has 0 aliphatic rings. The van der Waals surface area contributed by atoms with Crippen LogP contribution in [0.1, 0.15) is 16.7 Å². The summed E-state index contributed by atoms with van der Waals surface area (Å²) in [4.78, 5) is 16.3. The molecule has 0 bridgehead atoms. The maximum atomic E-state index is 13.5. The van der Waals surface area contributed by atoms with Crippen LogP contribution in [0.4, 0.5) is 14.9 Å². The predicted molar refractivity (Wildman–Crippen MR) is 112 cm³/mol. The summed E-state index contributed by atoms with van der Waals surface area (Å²) in [5, 5.41) is 6.66. The Hall–Kier alpha value is -3.81. The van der Waals surface area contributed by atoms with E-state index in [1.54, 1.807) is 6.07 Å². The number of halogens is 1. The van der Waals surface area contributed by atoms with Gasteiger partial charge in [0.2, 0.25) is 0 Å². The van der Waals surface area contributed by atoms with Gasteiger partial charge in [0.05, 0.1) is 11.4 Å². The summed E-state index contributed by atoms with van der Waals surface area (Å²) in [6.45, 7) is 4.12. The van der Waals surface area contributed by atoms with Gasteiger partial charge in [-0.25, -0.2) is 9.18 Å². The van der Waals surface area contributed by atoms with Crippen molar-refractivity contribution in [2.24, 2.45) is 5.22 Å². The van der Waals surface area contributed by atoms with Crippen LogP contribution in [0.25, 0.3) is 11.3 Å². The molecule has 0 saturated heterocycles. The normalized spacial score (nSPS) is 10.4. The minimum Gasteiger partial charge on any atom is -0.486 e. The van der Waals surface area contributed by atoms with Crippen molar-refractivity contribution in [2.75, 3.05) is 12.4 Å². The molecule has 30 heavy (non-hydrogen) atoms. The standard InChI is InChI=1S/C22H22FN5O2/c1-14-5-4-6-19(26-22(29)28(3)27-24)21(14)30-13-17-8-7-16(11-15(17)2)20-12-18(23)9-10-25-20/h4-12,24H,13H2,1-3H3,(H,26,29). The summed E-state index contributed by atoms with van der Waals surface area (Å²) in [5.74, 6) is 0.211. The maximum Gasteiger partial charge on any atom is 0.343 e. The quantitative estimate of drug-likeness (QED) is 0.418. The highest BCUT2D eigenvalue weighted by Crippen LogP contribution is 2.30. The van der Waals surface area contributed by atoms with Gasteiger partial charge in [-0.3, -0.25) is 4.98 Å². The molecule has 0 atom stereocenters. The Labute approximate surface area is 174 Å². The zero-order valence-corrected chi connectivity index (χ0v) is 16.9. The summed E-state index contributed by atoms with van der Waals surface area (Å²) in [6, 6.07) is 13.3. The van der Waals surface area contributed by atoms with Gasteiger partial charge in [-0.1, -0.05) is 29.5 Å². The number of urea groups is 1. The van der Waals surface area contributed by atoms with Crippen LogP contribution in [-0.4, -0.2) is 23.1 Å². The first-order chi connectivity index (χ1) is 14.4. The van der Waals surface area contributed by atoms with Gasteiger partial charge in [-0.05, 0) is 48.7 Å². The zero-order chi connectivity index (χ0) is 21.7. The lowest BCUT2D eigenvalue weighted by molar-refractivity contribution is 0.219. The molecule has 0 saturated carbocycles. The Bertz CT molecular complexity index is 1090. The third-order valence-electron chi connectivity index (χ3n) is 4.63. The number of ether oxygens (including phenoxy) is 1. The largest absolute Gasteiger partial charge is 0.486 e. The number of hydrogen-bond acceptors (Lipinski definition) is 5. The van der Waals surface area contributed by atoms with Gasteiger partial charge >= 0.3 is 6.03 Å². The van der Waals surface area contributed by atoms with Crippen molar-refractivity contribution in [3.8, 4) is 17.0 Å². The monoisotopic (exact) mass is 407 g/mol. The minimum absolute atomic E-state index is 0.287. The van der Waals surface area contributed by atoms with E-state index in [4.69, 9.17) is 10.3 Å². The van der Waals surface area contributed by atoms with Gasteiger partial charge in [0.25, 0.3) is 0 Å². The highest BCUT2D eigenvalue weighted by molar-refractivity contribution is 5.90. The molecule has 0 aliphatic carbocycles. The van der Waals surface area contributed by atoms with Crippen molar-refractivity contribution in [3.63, 3.8) is 0 Å². The Kier molecular flexibility index (Phi) is 6.36. The Morgan fingerprint density at radius 3 is 2.70 bits per heavy atom. The fraction of sp³-hybridized carbons (Fsp3) is 0.182. The number of benzene rings is 2. The Balaban J connectivity index is 1.79. The van der Waals surface area contributed by atoms with Crippen molar-refractivity contribution in [1.82, 2.24) is 9.99 Å². The molecule has 2 amide bonds. The fourth-order valence-electron chi connectivity index (χ4n) is 2.91. The number of amides is 2. The summed E-state index contributed by atoms with van der Waals surface area (Å²) >= 11 is 0. The second kappa shape index (κ2) is 9.13. The van der Waals surface area contributed by atoms with Gasteiger partial charge in [0.1, 0.15) is 18.2 Å².